The summed E-state index contributed by atoms with van der Waals surface area (Å²) < 4.78 is 18.4. The molecule has 0 amide bonds. The summed E-state index contributed by atoms with van der Waals surface area (Å²) in [6.45, 7) is 4.19. The minimum atomic E-state index is -0.663. The first-order chi connectivity index (χ1) is 13.8. The lowest BCUT2D eigenvalue weighted by atomic mass is 9.94. The molecule has 0 radical (unpaired) electrons. The van der Waals surface area contributed by atoms with Crippen molar-refractivity contribution >= 4 is 10.8 Å². The highest BCUT2D eigenvalue weighted by atomic mass is 16.7. The van der Waals surface area contributed by atoms with Gasteiger partial charge in [0.2, 0.25) is 5.79 Å². The molecule has 2 aliphatic heterocycles. The van der Waals surface area contributed by atoms with E-state index in [-0.39, 0.29) is 12.1 Å². The molecule has 28 heavy (non-hydrogen) atoms. The molecule has 1 N–H and O–H groups in total. The second-order valence-corrected chi connectivity index (χ2v) is 7.59. The summed E-state index contributed by atoms with van der Waals surface area (Å²) in [5.74, 6) is 0.199. The zero-order valence-corrected chi connectivity index (χ0v) is 16.1. The van der Waals surface area contributed by atoms with Crippen molar-refractivity contribution in [2.24, 2.45) is 0 Å². The van der Waals surface area contributed by atoms with Crippen molar-refractivity contribution in [1.82, 2.24) is 5.32 Å². The molecule has 0 saturated carbocycles. The van der Waals surface area contributed by atoms with E-state index in [4.69, 9.17) is 14.2 Å². The van der Waals surface area contributed by atoms with E-state index in [2.05, 4.69) is 54.7 Å². The van der Waals surface area contributed by atoms with Crippen LogP contribution in [0.4, 0.5) is 0 Å². The Balaban J connectivity index is 1.34. The van der Waals surface area contributed by atoms with Crippen molar-refractivity contribution in [3.8, 4) is 5.75 Å². The Morgan fingerprint density at radius 2 is 1.71 bits per heavy atom. The Morgan fingerprint density at radius 1 is 0.964 bits per heavy atom. The number of ether oxygens (including phenoxy) is 3. The molecular weight excluding hydrogens is 350 g/mol. The number of fused-ring (bicyclic) bond motifs is 3. The van der Waals surface area contributed by atoms with Crippen LogP contribution in [0.15, 0.2) is 66.7 Å². The molecule has 0 aliphatic carbocycles. The molecule has 0 bridgehead atoms. The van der Waals surface area contributed by atoms with Crippen LogP contribution in [0.2, 0.25) is 0 Å². The summed E-state index contributed by atoms with van der Waals surface area (Å²) >= 11 is 0. The zero-order valence-electron chi connectivity index (χ0n) is 16.1. The van der Waals surface area contributed by atoms with Crippen LogP contribution in [0.5, 0.6) is 5.75 Å². The molecule has 1 unspecified atom stereocenters. The lowest BCUT2D eigenvalue weighted by molar-refractivity contribution is -0.194. The largest absolute Gasteiger partial charge is 0.488 e. The van der Waals surface area contributed by atoms with Gasteiger partial charge in [0, 0.05) is 19.0 Å². The summed E-state index contributed by atoms with van der Waals surface area (Å²) in [5.41, 5.74) is 2.31. The predicted octanol–water partition coefficient (Wildman–Crippen LogP) is 4.54. The van der Waals surface area contributed by atoms with Gasteiger partial charge in [-0.2, -0.15) is 0 Å². The van der Waals surface area contributed by atoms with Crippen molar-refractivity contribution < 1.29 is 14.2 Å². The molecule has 2 heterocycles. The van der Waals surface area contributed by atoms with Crippen LogP contribution in [-0.4, -0.2) is 25.9 Å². The van der Waals surface area contributed by atoms with Gasteiger partial charge in [0.15, 0.2) is 0 Å². The summed E-state index contributed by atoms with van der Waals surface area (Å²) in [6, 6.07) is 23.3. The number of nitrogens with one attached hydrogen (secondary N) is 1. The highest BCUT2D eigenvalue weighted by Crippen LogP contribution is 2.44. The van der Waals surface area contributed by atoms with E-state index >= 15 is 0 Å². The van der Waals surface area contributed by atoms with Crippen molar-refractivity contribution in [2.75, 3.05) is 19.8 Å². The van der Waals surface area contributed by atoms with Crippen LogP contribution in [-0.2, 0) is 15.3 Å². The van der Waals surface area contributed by atoms with Gasteiger partial charge in [-0.15, -0.1) is 0 Å². The Hall–Kier alpha value is -2.40. The third-order valence-corrected chi connectivity index (χ3v) is 5.78. The molecule has 4 heteroatoms. The fourth-order valence-corrected chi connectivity index (χ4v) is 4.40. The van der Waals surface area contributed by atoms with Crippen LogP contribution in [0.25, 0.3) is 10.8 Å². The Labute approximate surface area is 165 Å². The highest BCUT2D eigenvalue weighted by molar-refractivity contribution is 5.86. The maximum atomic E-state index is 6.27. The lowest BCUT2D eigenvalue weighted by Gasteiger charge is -2.38. The van der Waals surface area contributed by atoms with Gasteiger partial charge in [0.05, 0.1) is 18.8 Å². The molecule has 3 aromatic carbocycles. The molecular formula is C24H25NO3. The smallest absolute Gasteiger partial charge is 0.202 e. The van der Waals surface area contributed by atoms with Gasteiger partial charge in [-0.05, 0) is 35.4 Å². The van der Waals surface area contributed by atoms with Crippen molar-refractivity contribution in [1.29, 1.82) is 0 Å². The van der Waals surface area contributed by atoms with Gasteiger partial charge >= 0.3 is 0 Å². The standard InChI is InChI=1S/C24H25NO3/c1-17(20-10-6-8-18-7-2-3-9-21(18)20)25-16-19-15-24(26-13-14-27-24)22-11-4-5-12-23(22)28-19/h2-12,17,19,25H,13-16H2,1H3/t17-,19?/m1/s1. The maximum Gasteiger partial charge on any atom is 0.202 e. The zero-order chi connectivity index (χ0) is 19.0. The number of benzene rings is 3. The van der Waals surface area contributed by atoms with E-state index in [0.29, 0.717) is 19.6 Å². The van der Waals surface area contributed by atoms with Crippen molar-refractivity contribution in [2.45, 2.75) is 31.3 Å². The number of hydrogen-bond acceptors (Lipinski definition) is 4. The third-order valence-electron chi connectivity index (χ3n) is 5.78. The van der Waals surface area contributed by atoms with E-state index in [1.807, 2.05) is 24.3 Å². The molecule has 2 aliphatic rings. The quantitative estimate of drug-likeness (QED) is 0.727. The molecule has 5 rings (SSSR count). The molecule has 1 saturated heterocycles. The normalized spacial score (nSPS) is 21.4. The minimum absolute atomic E-state index is 0.00886. The molecule has 2 atom stereocenters. The van der Waals surface area contributed by atoms with E-state index in [9.17, 15) is 0 Å². The first-order valence-electron chi connectivity index (χ1n) is 10.0. The Kier molecular flexibility index (Phi) is 4.55. The van der Waals surface area contributed by atoms with E-state index in [1.54, 1.807) is 0 Å². The van der Waals surface area contributed by atoms with Crippen molar-refractivity contribution in [3.05, 3.63) is 77.9 Å². The fourth-order valence-electron chi connectivity index (χ4n) is 4.40. The fraction of sp³-hybridized carbons (Fsp3) is 0.333. The Bertz CT molecular complexity index is 975. The molecule has 1 fully saturated rings. The van der Waals surface area contributed by atoms with Crippen molar-refractivity contribution in [3.63, 3.8) is 0 Å². The average Bonchev–Trinajstić information content (AvgIpc) is 3.20. The minimum Gasteiger partial charge on any atom is -0.488 e. The van der Waals surface area contributed by atoms with Gasteiger partial charge in [-0.25, -0.2) is 0 Å². The van der Waals surface area contributed by atoms with Gasteiger partial charge < -0.3 is 19.5 Å². The Morgan fingerprint density at radius 3 is 2.61 bits per heavy atom. The lowest BCUT2D eigenvalue weighted by Crippen LogP contribution is -2.44. The molecule has 3 aromatic rings. The topological polar surface area (TPSA) is 39.7 Å². The van der Waals surface area contributed by atoms with Gasteiger partial charge in [0.1, 0.15) is 11.9 Å². The summed E-state index contributed by atoms with van der Waals surface area (Å²) in [4.78, 5) is 0. The van der Waals surface area contributed by atoms with E-state index < -0.39 is 5.79 Å². The number of para-hydroxylation sites is 1. The summed E-state index contributed by atoms with van der Waals surface area (Å²) in [6.07, 6.45) is 0.685. The van der Waals surface area contributed by atoms with Crippen LogP contribution in [0.3, 0.4) is 0 Å². The van der Waals surface area contributed by atoms with Gasteiger partial charge in [-0.3, -0.25) is 0 Å². The predicted molar refractivity (Wildman–Crippen MR) is 109 cm³/mol. The monoisotopic (exact) mass is 375 g/mol. The third kappa shape index (κ3) is 3.08. The van der Waals surface area contributed by atoms with E-state index in [0.717, 1.165) is 17.9 Å². The molecule has 0 aromatic heterocycles. The maximum absolute atomic E-state index is 6.27. The average molecular weight is 375 g/mol. The van der Waals surface area contributed by atoms with E-state index in [1.165, 1.54) is 16.3 Å². The molecule has 4 nitrogen and oxygen atoms in total. The number of hydrogen-bond donors (Lipinski definition) is 1. The second-order valence-electron chi connectivity index (χ2n) is 7.59. The van der Waals surface area contributed by atoms with Gasteiger partial charge in [-0.1, -0.05) is 54.6 Å². The van der Waals surface area contributed by atoms with Crippen LogP contribution < -0.4 is 10.1 Å². The molecule has 144 valence electrons. The SMILES string of the molecule is C[C@@H](NCC1CC2(OCCO2)c2ccccc2O1)c1cccc2ccccc12. The van der Waals surface area contributed by atoms with Crippen LogP contribution >= 0.6 is 0 Å². The summed E-state index contributed by atoms with van der Waals surface area (Å²) in [5, 5.41) is 6.22. The van der Waals surface area contributed by atoms with Crippen LogP contribution in [0, 0.1) is 0 Å². The highest BCUT2D eigenvalue weighted by Gasteiger charge is 2.46. The van der Waals surface area contributed by atoms with Crippen LogP contribution in [0.1, 0.15) is 30.5 Å². The first kappa shape index (κ1) is 17.7. The first-order valence-corrected chi connectivity index (χ1v) is 10.0. The van der Waals surface area contributed by atoms with Gasteiger partial charge in [0.25, 0.3) is 0 Å². The number of rotatable bonds is 4. The summed E-state index contributed by atoms with van der Waals surface area (Å²) in [7, 11) is 0. The second kappa shape index (κ2) is 7.21. The molecule has 1 spiro atoms.